The van der Waals surface area contributed by atoms with E-state index >= 15 is 4.39 Å². The number of nitriles is 1. The van der Waals surface area contributed by atoms with Gasteiger partial charge in [0.2, 0.25) is 5.95 Å². The Bertz CT molecular complexity index is 1670. The van der Waals surface area contributed by atoms with Crippen LogP contribution in [0, 0.1) is 26.7 Å². The standard InChI is InChI=1S/C28H17F12IN4O2/c29-20-8-7-14(13-43-20)24(47)45(10-3-1-2-9-42)19-6-4-5-16(21(19)30)23(46)44-22-17(26(32,33)34)11-15(12-18(22)41)25(31,27(35,36)37)28(38,39)40/h4-8,11-13H,1-3,10H2,(H,44,46). The highest BCUT2D eigenvalue weighted by atomic mass is 127. The lowest BCUT2D eigenvalue weighted by Crippen LogP contribution is -2.50. The molecule has 0 saturated heterocycles. The van der Waals surface area contributed by atoms with Gasteiger partial charge >= 0.3 is 24.2 Å². The third-order valence-electron chi connectivity index (χ3n) is 6.47. The van der Waals surface area contributed by atoms with Gasteiger partial charge in [0.05, 0.1) is 34.1 Å². The lowest BCUT2D eigenvalue weighted by atomic mass is 9.92. The highest BCUT2D eigenvalue weighted by Crippen LogP contribution is 2.54. The molecule has 0 spiro atoms. The zero-order valence-electron chi connectivity index (χ0n) is 23.0. The van der Waals surface area contributed by atoms with Crippen LogP contribution in [0.5, 0.6) is 0 Å². The average Bonchev–Trinajstić information content (AvgIpc) is 2.96. The van der Waals surface area contributed by atoms with Crippen molar-refractivity contribution < 1.29 is 62.3 Å². The van der Waals surface area contributed by atoms with Crippen LogP contribution in [0.3, 0.4) is 0 Å². The Balaban J connectivity index is 2.11. The van der Waals surface area contributed by atoms with E-state index in [0.29, 0.717) is 0 Å². The van der Waals surface area contributed by atoms with E-state index in [1.165, 1.54) is 0 Å². The summed E-state index contributed by atoms with van der Waals surface area (Å²) in [6.45, 7) is -0.277. The first-order chi connectivity index (χ1) is 21.6. The summed E-state index contributed by atoms with van der Waals surface area (Å²) in [6, 6.07) is 5.49. The second-order valence-corrected chi connectivity index (χ2v) is 10.7. The number of rotatable bonds is 9. The van der Waals surface area contributed by atoms with E-state index < -0.39 is 85.5 Å². The highest BCUT2D eigenvalue weighted by Gasteiger charge is 2.73. The number of hydrogen-bond acceptors (Lipinski definition) is 4. The lowest BCUT2D eigenvalue weighted by molar-refractivity contribution is -0.348. The molecule has 6 nitrogen and oxygen atoms in total. The Morgan fingerprint density at radius 2 is 1.55 bits per heavy atom. The topological polar surface area (TPSA) is 86.1 Å². The first kappa shape index (κ1) is 37.4. The van der Waals surface area contributed by atoms with Crippen molar-refractivity contribution in [3.8, 4) is 6.07 Å². The molecular weight excluding hydrogens is 779 g/mol. The number of carbonyl (C=O) groups is 2. The first-order valence-electron chi connectivity index (χ1n) is 12.8. The number of anilines is 2. The Morgan fingerprint density at radius 1 is 0.915 bits per heavy atom. The molecule has 0 bridgehead atoms. The van der Waals surface area contributed by atoms with Crippen LogP contribution >= 0.6 is 22.6 Å². The molecule has 0 fully saturated rings. The smallest absolute Gasteiger partial charge is 0.320 e. The third kappa shape index (κ3) is 7.90. The maximum atomic E-state index is 15.8. The summed E-state index contributed by atoms with van der Waals surface area (Å²) in [5.41, 5.74) is -14.3. The summed E-state index contributed by atoms with van der Waals surface area (Å²) >= 11 is 0.848. The number of halogens is 13. The Labute approximate surface area is 270 Å². The number of aromatic nitrogens is 1. The number of pyridine rings is 1. The summed E-state index contributed by atoms with van der Waals surface area (Å²) in [4.78, 5) is 30.4. The Kier molecular flexibility index (Phi) is 11.1. The summed E-state index contributed by atoms with van der Waals surface area (Å²) < 4.78 is 164. The monoisotopic (exact) mass is 796 g/mol. The molecule has 2 aromatic carbocycles. The number of nitrogens with zero attached hydrogens (tertiary/aromatic N) is 3. The SMILES string of the molecule is N#CCCCCN(C(=O)c1ccc(F)nc1)c1cccc(C(=O)Nc2c(I)cc(C(F)(C(F)(F)F)C(F)(F)F)cc2C(F)(F)F)c1F. The van der Waals surface area contributed by atoms with Crippen molar-refractivity contribution in [2.45, 2.75) is 43.5 Å². The largest absolute Gasteiger partial charge is 0.435 e. The molecule has 1 N–H and O–H groups in total. The van der Waals surface area contributed by atoms with Crippen molar-refractivity contribution in [3.05, 3.63) is 86.3 Å². The highest BCUT2D eigenvalue weighted by molar-refractivity contribution is 14.1. The first-order valence-corrected chi connectivity index (χ1v) is 13.9. The van der Waals surface area contributed by atoms with Crippen LogP contribution in [0.4, 0.5) is 64.1 Å². The van der Waals surface area contributed by atoms with Crippen molar-refractivity contribution in [3.63, 3.8) is 0 Å². The molecule has 1 heterocycles. The molecule has 0 aliphatic carbocycles. The van der Waals surface area contributed by atoms with Gasteiger partial charge in [-0.3, -0.25) is 9.59 Å². The van der Waals surface area contributed by atoms with Crippen LogP contribution in [-0.2, 0) is 11.8 Å². The minimum Gasteiger partial charge on any atom is -0.320 e. The van der Waals surface area contributed by atoms with Gasteiger partial charge in [0, 0.05) is 28.3 Å². The molecule has 252 valence electrons. The van der Waals surface area contributed by atoms with E-state index in [-0.39, 0.29) is 37.4 Å². The number of carbonyl (C=O) groups excluding carboxylic acids is 2. The number of nitrogens with one attached hydrogen (secondary N) is 1. The van der Waals surface area contributed by atoms with Crippen LogP contribution < -0.4 is 10.2 Å². The predicted molar refractivity (Wildman–Crippen MR) is 149 cm³/mol. The fraction of sp³-hybridized carbons (Fsp3) is 0.286. The molecule has 19 heteroatoms. The molecular formula is C28H17F12IN4O2. The fourth-order valence-corrected chi connectivity index (χ4v) is 4.95. The van der Waals surface area contributed by atoms with Crippen LogP contribution in [-0.4, -0.2) is 35.7 Å². The van der Waals surface area contributed by atoms with Gasteiger partial charge in [-0.05, 0) is 71.8 Å². The molecule has 0 aliphatic rings. The van der Waals surface area contributed by atoms with Crippen molar-refractivity contribution >= 4 is 45.8 Å². The van der Waals surface area contributed by atoms with E-state index in [1.54, 1.807) is 5.32 Å². The van der Waals surface area contributed by atoms with E-state index in [9.17, 15) is 57.9 Å². The Hall–Kier alpha value is -4.09. The fourth-order valence-electron chi connectivity index (χ4n) is 4.19. The van der Waals surface area contributed by atoms with E-state index in [4.69, 9.17) is 5.26 Å². The molecule has 1 aromatic heterocycles. The van der Waals surface area contributed by atoms with Gasteiger partial charge in [-0.2, -0.15) is 49.2 Å². The maximum absolute atomic E-state index is 15.8. The molecule has 3 aromatic rings. The van der Waals surface area contributed by atoms with Crippen molar-refractivity contribution in [2.75, 3.05) is 16.8 Å². The number of alkyl halides is 10. The normalized spacial score (nSPS) is 12.4. The van der Waals surface area contributed by atoms with Crippen LogP contribution in [0.15, 0.2) is 48.7 Å². The van der Waals surface area contributed by atoms with Crippen molar-refractivity contribution in [1.29, 1.82) is 5.26 Å². The summed E-state index contributed by atoms with van der Waals surface area (Å²) in [5, 5.41) is 10.4. The molecule has 0 aliphatic heterocycles. The van der Waals surface area contributed by atoms with Gasteiger partial charge in [0.15, 0.2) is 5.82 Å². The number of benzene rings is 2. The van der Waals surface area contributed by atoms with Gasteiger partial charge in [-0.1, -0.05) is 6.07 Å². The minimum absolute atomic E-state index is 0.0412. The minimum atomic E-state index is -6.74. The molecule has 0 unspecified atom stereocenters. The Morgan fingerprint density at radius 3 is 2.09 bits per heavy atom. The van der Waals surface area contributed by atoms with Crippen LogP contribution in [0.2, 0.25) is 0 Å². The molecule has 2 amide bonds. The maximum Gasteiger partial charge on any atom is 0.435 e. The molecule has 47 heavy (non-hydrogen) atoms. The quantitative estimate of drug-likeness (QED) is 0.102. The van der Waals surface area contributed by atoms with Gasteiger partial charge in [0.1, 0.15) is 0 Å². The second kappa shape index (κ2) is 13.9. The molecule has 0 radical (unpaired) electrons. The predicted octanol–water partition coefficient (Wildman–Crippen LogP) is 8.87. The molecule has 3 rings (SSSR count). The zero-order valence-corrected chi connectivity index (χ0v) is 25.2. The summed E-state index contributed by atoms with van der Waals surface area (Å²) in [7, 11) is 0. The van der Waals surface area contributed by atoms with E-state index in [0.717, 1.165) is 64.0 Å². The molecule has 0 saturated carbocycles. The molecule has 0 atom stereocenters. The summed E-state index contributed by atoms with van der Waals surface area (Å²) in [5.74, 6) is -5.09. The van der Waals surface area contributed by atoms with E-state index in [1.807, 2.05) is 6.07 Å². The number of unbranched alkanes of at least 4 members (excludes halogenated alkanes) is 2. The third-order valence-corrected chi connectivity index (χ3v) is 7.32. The lowest BCUT2D eigenvalue weighted by Gasteiger charge is -2.31. The van der Waals surface area contributed by atoms with Crippen LogP contribution in [0.1, 0.15) is 51.1 Å². The van der Waals surface area contributed by atoms with Crippen molar-refractivity contribution in [2.24, 2.45) is 0 Å². The zero-order chi connectivity index (χ0) is 35.5. The van der Waals surface area contributed by atoms with Gasteiger partial charge in [-0.15, -0.1) is 0 Å². The number of hydrogen-bond donors (Lipinski definition) is 1. The van der Waals surface area contributed by atoms with Gasteiger partial charge < -0.3 is 10.2 Å². The van der Waals surface area contributed by atoms with Crippen molar-refractivity contribution in [1.82, 2.24) is 4.98 Å². The van der Waals surface area contributed by atoms with E-state index in [2.05, 4.69) is 4.98 Å². The van der Waals surface area contributed by atoms with Crippen LogP contribution in [0.25, 0.3) is 0 Å². The van der Waals surface area contributed by atoms with Gasteiger partial charge in [-0.25, -0.2) is 13.8 Å². The average molecular weight is 796 g/mol. The summed E-state index contributed by atoms with van der Waals surface area (Å²) in [6.07, 6.45) is -18.0. The second-order valence-electron chi connectivity index (χ2n) is 9.57. The number of amides is 2. The van der Waals surface area contributed by atoms with Gasteiger partial charge in [0.25, 0.3) is 11.8 Å².